The molecule has 0 saturated carbocycles. The largest absolute Gasteiger partial charge is 0.545 e. The van der Waals surface area contributed by atoms with Crippen LogP contribution in [0.25, 0.3) is 0 Å². The van der Waals surface area contributed by atoms with Gasteiger partial charge in [0.2, 0.25) is 0 Å². The van der Waals surface area contributed by atoms with E-state index in [2.05, 4.69) is 0 Å². The molecule has 0 bridgehead atoms. The quantitative estimate of drug-likeness (QED) is 0.632. The fourth-order valence-electron chi connectivity index (χ4n) is 1.15. The van der Waals surface area contributed by atoms with Gasteiger partial charge in [-0.3, -0.25) is 4.79 Å². The Morgan fingerprint density at radius 1 is 1.50 bits per heavy atom. The summed E-state index contributed by atoms with van der Waals surface area (Å²) in [5, 5.41) is 10.6. The monoisotopic (exact) mass is 193 g/mol. The van der Waals surface area contributed by atoms with Crippen LogP contribution >= 0.6 is 0 Å². The fraction of sp³-hybridized carbons (Fsp3) is 0.200. The lowest BCUT2D eigenvalue weighted by atomic mass is 10.1. The van der Waals surface area contributed by atoms with Crippen LogP contribution in [0.2, 0.25) is 0 Å². The molecule has 0 atom stereocenters. The number of benzene rings is 1. The van der Waals surface area contributed by atoms with Gasteiger partial charge in [-0.25, -0.2) is 0 Å². The smallest absolute Gasteiger partial charge is 0.150 e. The maximum absolute atomic E-state index is 10.6. The number of hydrogen-bond donors (Lipinski definition) is 0. The van der Waals surface area contributed by atoms with Gasteiger partial charge in [0.25, 0.3) is 0 Å². The third-order valence-corrected chi connectivity index (χ3v) is 1.70. The Balaban J connectivity index is 3.12. The van der Waals surface area contributed by atoms with Crippen LogP contribution in [0.5, 0.6) is 0 Å². The van der Waals surface area contributed by atoms with Gasteiger partial charge in [-0.2, -0.15) is 0 Å². The minimum Gasteiger partial charge on any atom is -0.545 e. The number of ether oxygens (including phenoxy) is 1. The number of carboxylic acids is 1. The lowest BCUT2D eigenvalue weighted by molar-refractivity contribution is -0.255. The van der Waals surface area contributed by atoms with E-state index in [-0.39, 0.29) is 12.2 Å². The molecule has 0 unspecified atom stereocenters. The van der Waals surface area contributed by atoms with Crippen molar-refractivity contribution in [3.8, 4) is 0 Å². The van der Waals surface area contributed by atoms with E-state index in [9.17, 15) is 14.7 Å². The molecule has 1 rings (SSSR count). The molecule has 0 fully saturated rings. The molecule has 0 saturated heterocycles. The summed E-state index contributed by atoms with van der Waals surface area (Å²) in [7, 11) is 1.49. The summed E-state index contributed by atoms with van der Waals surface area (Å²) in [4.78, 5) is 21.0. The van der Waals surface area contributed by atoms with Gasteiger partial charge in [0, 0.05) is 12.7 Å². The Morgan fingerprint density at radius 2 is 2.21 bits per heavy atom. The highest BCUT2D eigenvalue weighted by Gasteiger charge is 2.01. The first kappa shape index (κ1) is 10.4. The second-order valence-corrected chi connectivity index (χ2v) is 2.80. The van der Waals surface area contributed by atoms with E-state index in [0.29, 0.717) is 17.4 Å². The average Bonchev–Trinajstić information content (AvgIpc) is 2.17. The molecular formula is C10H9O4-. The molecule has 1 aromatic rings. The third kappa shape index (κ3) is 2.40. The Morgan fingerprint density at radius 3 is 2.71 bits per heavy atom. The molecule has 1 aromatic carbocycles. The lowest BCUT2D eigenvalue weighted by Gasteiger charge is -2.06. The highest BCUT2D eigenvalue weighted by atomic mass is 16.5. The van der Waals surface area contributed by atoms with Crippen molar-refractivity contribution >= 4 is 12.3 Å². The van der Waals surface area contributed by atoms with Crippen molar-refractivity contribution in [1.29, 1.82) is 0 Å². The Bertz CT molecular complexity index is 357. The molecule has 0 aliphatic rings. The van der Waals surface area contributed by atoms with Gasteiger partial charge in [-0.15, -0.1) is 0 Å². The first-order valence-electron chi connectivity index (χ1n) is 3.97. The van der Waals surface area contributed by atoms with Crippen LogP contribution in [-0.4, -0.2) is 19.4 Å². The Kier molecular flexibility index (Phi) is 3.36. The molecule has 0 aliphatic carbocycles. The maximum Gasteiger partial charge on any atom is 0.150 e. The van der Waals surface area contributed by atoms with Crippen LogP contribution in [0, 0.1) is 0 Å². The van der Waals surface area contributed by atoms with Crippen molar-refractivity contribution in [3.05, 3.63) is 34.9 Å². The number of aromatic carboxylic acids is 1. The van der Waals surface area contributed by atoms with Crippen molar-refractivity contribution in [3.63, 3.8) is 0 Å². The van der Waals surface area contributed by atoms with Gasteiger partial charge in [0.1, 0.15) is 6.29 Å². The lowest BCUT2D eigenvalue weighted by Crippen LogP contribution is -2.22. The number of hydrogen-bond acceptors (Lipinski definition) is 4. The summed E-state index contributed by atoms with van der Waals surface area (Å²) in [5.74, 6) is -1.30. The van der Waals surface area contributed by atoms with Gasteiger partial charge in [0.05, 0.1) is 12.6 Å². The van der Waals surface area contributed by atoms with Crippen LogP contribution in [0.4, 0.5) is 0 Å². The first-order chi connectivity index (χ1) is 6.67. The SMILES string of the molecule is COCc1cc(C=O)cc(C(=O)[O-])c1. The molecule has 4 nitrogen and oxygen atoms in total. The number of rotatable bonds is 4. The number of methoxy groups -OCH3 is 1. The highest BCUT2D eigenvalue weighted by molar-refractivity contribution is 5.89. The van der Waals surface area contributed by atoms with Gasteiger partial charge in [-0.05, 0) is 29.3 Å². The van der Waals surface area contributed by atoms with Gasteiger partial charge in [0.15, 0.2) is 0 Å². The standard InChI is InChI=1S/C10H10O4/c1-14-6-8-2-7(5-11)3-9(4-8)10(12)13/h2-5H,6H2,1H3,(H,12,13)/p-1. The van der Waals surface area contributed by atoms with Crippen molar-refractivity contribution in [2.24, 2.45) is 0 Å². The molecule has 14 heavy (non-hydrogen) atoms. The predicted octanol–water partition coefficient (Wildman–Crippen LogP) is 0.00900. The zero-order valence-electron chi connectivity index (χ0n) is 7.65. The zero-order valence-corrected chi connectivity index (χ0v) is 7.65. The van der Waals surface area contributed by atoms with Crippen molar-refractivity contribution in [2.75, 3.05) is 7.11 Å². The highest BCUT2D eigenvalue weighted by Crippen LogP contribution is 2.09. The van der Waals surface area contributed by atoms with E-state index in [1.165, 1.54) is 19.2 Å². The molecule has 0 N–H and O–H groups in total. The van der Waals surface area contributed by atoms with Crippen molar-refractivity contribution in [2.45, 2.75) is 6.61 Å². The van der Waals surface area contributed by atoms with Crippen LogP contribution in [-0.2, 0) is 11.3 Å². The zero-order chi connectivity index (χ0) is 10.6. The average molecular weight is 193 g/mol. The fourth-order valence-corrected chi connectivity index (χ4v) is 1.15. The van der Waals surface area contributed by atoms with Crippen LogP contribution in [0.1, 0.15) is 26.3 Å². The van der Waals surface area contributed by atoms with Crippen LogP contribution in [0.15, 0.2) is 18.2 Å². The number of carbonyl (C=O) groups is 2. The summed E-state index contributed by atoms with van der Waals surface area (Å²) in [6.45, 7) is 0.266. The number of aldehydes is 1. The summed E-state index contributed by atoms with van der Waals surface area (Å²) in [5.41, 5.74) is 0.928. The summed E-state index contributed by atoms with van der Waals surface area (Å²) in [6.07, 6.45) is 0.589. The summed E-state index contributed by atoms with van der Waals surface area (Å²) in [6, 6.07) is 4.26. The van der Waals surface area contributed by atoms with E-state index in [1.54, 1.807) is 6.07 Å². The van der Waals surface area contributed by atoms with E-state index in [1.807, 2.05) is 0 Å². The summed E-state index contributed by atoms with van der Waals surface area (Å²) < 4.78 is 4.83. The number of carboxylic acid groups (broad SMARTS) is 1. The molecule has 0 amide bonds. The molecule has 0 heterocycles. The Labute approximate surface area is 81.1 Å². The van der Waals surface area contributed by atoms with Gasteiger partial charge >= 0.3 is 0 Å². The molecule has 4 heteroatoms. The molecule has 0 aromatic heterocycles. The normalized spacial score (nSPS) is 9.79. The minimum absolute atomic E-state index is 0.0124. The third-order valence-electron chi connectivity index (χ3n) is 1.70. The van der Waals surface area contributed by atoms with Crippen molar-refractivity contribution in [1.82, 2.24) is 0 Å². The van der Waals surface area contributed by atoms with Crippen LogP contribution in [0.3, 0.4) is 0 Å². The predicted molar refractivity (Wildman–Crippen MR) is 46.9 cm³/mol. The van der Waals surface area contributed by atoms with Crippen molar-refractivity contribution < 1.29 is 19.4 Å². The number of carbonyl (C=O) groups excluding carboxylic acids is 2. The van der Waals surface area contributed by atoms with Gasteiger partial charge < -0.3 is 14.6 Å². The molecular weight excluding hydrogens is 184 g/mol. The second kappa shape index (κ2) is 4.53. The molecule has 0 radical (unpaired) electrons. The van der Waals surface area contributed by atoms with E-state index in [0.717, 1.165) is 0 Å². The summed E-state index contributed by atoms with van der Waals surface area (Å²) >= 11 is 0. The molecule has 0 aliphatic heterocycles. The second-order valence-electron chi connectivity index (χ2n) is 2.80. The van der Waals surface area contributed by atoms with Gasteiger partial charge in [-0.1, -0.05) is 0 Å². The molecule has 0 spiro atoms. The maximum atomic E-state index is 10.6. The van der Waals surface area contributed by atoms with Crippen LogP contribution < -0.4 is 5.11 Å². The van der Waals surface area contributed by atoms with E-state index < -0.39 is 5.97 Å². The van der Waals surface area contributed by atoms with E-state index in [4.69, 9.17) is 4.74 Å². The molecule has 74 valence electrons. The first-order valence-corrected chi connectivity index (χ1v) is 3.97. The topological polar surface area (TPSA) is 66.4 Å². The Hall–Kier alpha value is -1.68. The minimum atomic E-state index is -1.30. The van der Waals surface area contributed by atoms with E-state index >= 15 is 0 Å².